The first-order valence-electron chi connectivity index (χ1n) is 8.02. The van der Waals surface area contributed by atoms with Crippen LogP contribution in [0.1, 0.15) is 15.2 Å². The maximum atomic E-state index is 12.6. The Morgan fingerprint density at radius 1 is 1.19 bits per heavy atom. The van der Waals surface area contributed by atoms with Crippen molar-refractivity contribution in [1.82, 2.24) is 15.7 Å². The quantitative estimate of drug-likeness (QED) is 0.374. The van der Waals surface area contributed by atoms with E-state index in [-0.39, 0.29) is 0 Å². The molecular weight excluding hydrogens is 370 g/mol. The van der Waals surface area contributed by atoms with Crippen LogP contribution in [0.15, 0.2) is 35.7 Å². The van der Waals surface area contributed by atoms with Crippen molar-refractivity contribution in [1.29, 1.82) is 0 Å². The van der Waals surface area contributed by atoms with Gasteiger partial charge in [-0.05, 0) is 34.7 Å². The van der Waals surface area contributed by atoms with Gasteiger partial charge in [0.15, 0.2) is 6.04 Å². The van der Waals surface area contributed by atoms with Gasteiger partial charge in [0.1, 0.15) is 0 Å². The average molecular weight is 391 g/mol. The second-order valence-electron chi connectivity index (χ2n) is 5.72. The van der Waals surface area contributed by atoms with Gasteiger partial charge in [-0.3, -0.25) is 19.6 Å². The fourth-order valence-electron chi connectivity index (χ4n) is 2.54. The minimum absolute atomic E-state index is 0.313. The third-order valence-electron chi connectivity index (χ3n) is 3.97. The number of nitrogens with zero attached hydrogens (tertiary/aromatic N) is 1. The number of thiophene rings is 1. The molecule has 0 saturated heterocycles. The van der Waals surface area contributed by atoms with Crippen LogP contribution in [0.5, 0.6) is 0 Å². The number of carbonyl (C=O) groups is 3. The number of ether oxygens (including phenoxy) is 1. The predicted octanol–water partition coefficient (Wildman–Crippen LogP) is 1.25. The van der Waals surface area contributed by atoms with Gasteiger partial charge in [0.2, 0.25) is 0 Å². The minimum Gasteiger partial charge on any atom is -0.379 e. The molecule has 0 radical (unpaired) electrons. The topological polar surface area (TPSA) is 108 Å². The van der Waals surface area contributed by atoms with Crippen molar-refractivity contribution in [2.24, 2.45) is 0 Å². The summed E-state index contributed by atoms with van der Waals surface area (Å²) in [7, 11) is 4.30. The Bertz CT molecular complexity index is 803. The molecule has 1 aromatic carbocycles. The number of hydrogen-bond donors (Lipinski definition) is 3. The molecule has 9 heteroatoms. The number of benzene rings is 1. The number of carbonyl (C=O) groups excluding carboxylic acids is 3. The van der Waals surface area contributed by atoms with Crippen molar-refractivity contribution in [3.8, 4) is 11.1 Å². The third-order valence-corrected chi connectivity index (χ3v) is 4.88. The summed E-state index contributed by atoms with van der Waals surface area (Å²) in [5, 5.41) is 13.1. The highest BCUT2D eigenvalue weighted by atomic mass is 32.1. The Balaban J connectivity index is 2.20. The summed E-state index contributed by atoms with van der Waals surface area (Å²) in [5.74, 6) is -2.23. The molecule has 27 heavy (non-hydrogen) atoms. The molecule has 0 fully saturated rings. The van der Waals surface area contributed by atoms with Crippen LogP contribution in [0, 0.1) is 0 Å². The zero-order valence-corrected chi connectivity index (χ0v) is 16.0. The van der Waals surface area contributed by atoms with Gasteiger partial charge < -0.3 is 15.0 Å². The summed E-state index contributed by atoms with van der Waals surface area (Å²) >= 11 is 1.59. The highest BCUT2D eigenvalue weighted by molar-refractivity contribution is 7.10. The number of likely N-dealkylation sites (N-methyl/N-ethyl adjacent to an activating group) is 2. The summed E-state index contributed by atoms with van der Waals surface area (Å²) < 4.78 is 5.11. The number of nitrogens with one attached hydrogen (secondary N) is 2. The molecule has 1 atom stereocenters. The third kappa shape index (κ3) is 4.70. The molecule has 2 rings (SSSR count). The Hall–Kier alpha value is -2.75. The highest BCUT2D eigenvalue weighted by Gasteiger charge is 2.33. The van der Waals surface area contributed by atoms with Crippen LogP contribution in [-0.2, 0) is 20.9 Å². The summed E-state index contributed by atoms with van der Waals surface area (Å²) in [5.41, 5.74) is 3.67. The van der Waals surface area contributed by atoms with Crippen LogP contribution in [0.4, 0.5) is 0 Å². The Morgan fingerprint density at radius 2 is 1.85 bits per heavy atom. The summed E-state index contributed by atoms with van der Waals surface area (Å²) in [6.07, 6.45) is 0. The first kappa shape index (κ1) is 20.6. The van der Waals surface area contributed by atoms with Crippen LogP contribution < -0.4 is 10.8 Å². The van der Waals surface area contributed by atoms with Crippen molar-refractivity contribution in [3.63, 3.8) is 0 Å². The second-order valence-corrected chi connectivity index (χ2v) is 6.72. The second kappa shape index (κ2) is 9.26. The molecule has 0 aliphatic rings. The standard InChI is InChI=1S/C18H21N3O5S/c1-19-16(22)15(17(23)20-25)21(2)18(24)12-6-4-11(5-7-12)13-8-14(9-26-3)27-10-13/h4-8,10,15,25H,9H2,1-3H3,(H,19,22)(H,20,23). The molecular formula is C18H21N3O5S. The van der Waals surface area contributed by atoms with Crippen molar-refractivity contribution in [2.75, 3.05) is 21.2 Å². The Labute approximate surface area is 160 Å². The van der Waals surface area contributed by atoms with E-state index in [2.05, 4.69) is 5.32 Å². The molecule has 0 aliphatic heterocycles. The molecule has 3 amide bonds. The van der Waals surface area contributed by atoms with E-state index < -0.39 is 23.8 Å². The van der Waals surface area contributed by atoms with Crippen molar-refractivity contribution in [2.45, 2.75) is 12.6 Å². The van der Waals surface area contributed by atoms with Gasteiger partial charge in [-0.2, -0.15) is 0 Å². The first-order chi connectivity index (χ1) is 12.9. The average Bonchev–Trinajstić information content (AvgIpc) is 3.16. The normalized spacial score (nSPS) is 11.6. The fraction of sp³-hybridized carbons (Fsp3) is 0.278. The van der Waals surface area contributed by atoms with E-state index in [0.717, 1.165) is 20.9 Å². The Kier molecular flexibility index (Phi) is 7.05. The lowest BCUT2D eigenvalue weighted by molar-refractivity contribution is -0.140. The van der Waals surface area contributed by atoms with Crippen molar-refractivity contribution >= 4 is 29.1 Å². The number of rotatable bonds is 7. The minimum atomic E-state index is -1.49. The van der Waals surface area contributed by atoms with E-state index in [1.807, 2.05) is 11.4 Å². The van der Waals surface area contributed by atoms with Gasteiger partial charge in [0.05, 0.1) is 6.61 Å². The van der Waals surface area contributed by atoms with E-state index in [4.69, 9.17) is 9.94 Å². The lowest BCUT2D eigenvalue weighted by Crippen LogP contribution is -2.54. The zero-order valence-electron chi connectivity index (χ0n) is 15.2. The molecule has 0 saturated carbocycles. The molecule has 144 valence electrons. The fourth-order valence-corrected chi connectivity index (χ4v) is 3.41. The predicted molar refractivity (Wildman–Crippen MR) is 100 cm³/mol. The van der Waals surface area contributed by atoms with E-state index >= 15 is 0 Å². The van der Waals surface area contributed by atoms with Crippen LogP contribution >= 0.6 is 11.3 Å². The maximum Gasteiger partial charge on any atom is 0.275 e. The Morgan fingerprint density at radius 3 is 2.41 bits per heavy atom. The zero-order chi connectivity index (χ0) is 20.0. The van der Waals surface area contributed by atoms with Crippen LogP contribution in [0.25, 0.3) is 11.1 Å². The molecule has 8 nitrogen and oxygen atoms in total. The summed E-state index contributed by atoms with van der Waals surface area (Å²) in [4.78, 5) is 38.4. The van der Waals surface area contributed by atoms with Gasteiger partial charge in [-0.1, -0.05) is 12.1 Å². The van der Waals surface area contributed by atoms with Gasteiger partial charge in [-0.15, -0.1) is 11.3 Å². The summed E-state index contributed by atoms with van der Waals surface area (Å²) in [6.45, 7) is 0.542. The van der Waals surface area contributed by atoms with Gasteiger partial charge in [0.25, 0.3) is 17.7 Å². The molecule has 0 aliphatic carbocycles. The van der Waals surface area contributed by atoms with Gasteiger partial charge in [0, 0.05) is 31.6 Å². The van der Waals surface area contributed by atoms with Crippen LogP contribution in [0.2, 0.25) is 0 Å². The molecule has 1 unspecified atom stereocenters. The number of amides is 3. The van der Waals surface area contributed by atoms with Crippen LogP contribution in [-0.4, -0.2) is 55.1 Å². The molecule has 0 spiro atoms. The molecule has 3 N–H and O–H groups in total. The van der Waals surface area contributed by atoms with Crippen molar-refractivity contribution < 1.29 is 24.3 Å². The van der Waals surface area contributed by atoms with Crippen LogP contribution in [0.3, 0.4) is 0 Å². The van der Waals surface area contributed by atoms with Gasteiger partial charge >= 0.3 is 0 Å². The maximum absolute atomic E-state index is 12.6. The van der Waals surface area contributed by atoms with Gasteiger partial charge in [-0.25, -0.2) is 5.48 Å². The molecule has 0 bridgehead atoms. The SMILES string of the molecule is CNC(=O)C(C(=O)NO)N(C)C(=O)c1ccc(-c2csc(COC)c2)cc1. The largest absolute Gasteiger partial charge is 0.379 e. The van der Waals surface area contributed by atoms with E-state index in [1.54, 1.807) is 42.7 Å². The molecule has 1 heterocycles. The smallest absolute Gasteiger partial charge is 0.275 e. The molecule has 2 aromatic rings. The monoisotopic (exact) mass is 391 g/mol. The lowest BCUT2D eigenvalue weighted by atomic mass is 10.1. The number of methoxy groups -OCH3 is 1. The van der Waals surface area contributed by atoms with E-state index in [1.165, 1.54) is 19.6 Å². The van der Waals surface area contributed by atoms with Crippen molar-refractivity contribution in [3.05, 3.63) is 46.2 Å². The number of hydrogen-bond acceptors (Lipinski definition) is 6. The summed E-state index contributed by atoms with van der Waals surface area (Å²) in [6, 6.07) is 7.37. The highest BCUT2D eigenvalue weighted by Crippen LogP contribution is 2.26. The van der Waals surface area contributed by atoms with E-state index in [0.29, 0.717) is 12.2 Å². The van der Waals surface area contributed by atoms with E-state index in [9.17, 15) is 14.4 Å². The lowest BCUT2D eigenvalue weighted by Gasteiger charge is -2.25. The molecule has 1 aromatic heterocycles. The first-order valence-corrected chi connectivity index (χ1v) is 8.90. The number of hydroxylamine groups is 1.